The molecule has 0 unspecified atom stereocenters. The number of rotatable bonds is 6. The normalized spacial score (nSPS) is 11.5. The van der Waals surface area contributed by atoms with Crippen molar-refractivity contribution in [3.8, 4) is 5.75 Å². The maximum Gasteiger partial charge on any atom is 0.197 e. The topological polar surface area (TPSA) is 60.2 Å². The van der Waals surface area contributed by atoms with Gasteiger partial charge >= 0.3 is 0 Å². The van der Waals surface area contributed by atoms with Crippen LogP contribution in [0.5, 0.6) is 5.75 Å². The maximum atomic E-state index is 5.73. The number of nitrogen functional groups attached to an aromatic ring is 1. The third kappa shape index (κ3) is 3.27. The summed E-state index contributed by atoms with van der Waals surface area (Å²) in [6.45, 7) is 10.1. The minimum absolute atomic E-state index is 0.266. The Balaban J connectivity index is 2.67. The number of hydrogen-bond acceptors (Lipinski definition) is 5. The average molecular weight is 243 g/mol. The van der Waals surface area contributed by atoms with Gasteiger partial charge in [-0.15, -0.1) is 0 Å². The van der Waals surface area contributed by atoms with E-state index in [1.807, 2.05) is 6.92 Å². The summed E-state index contributed by atoms with van der Waals surface area (Å²) in [6.07, 6.45) is 1.12. The second-order valence-corrected chi connectivity index (χ2v) is 5.30. The van der Waals surface area contributed by atoms with Gasteiger partial charge in [-0.25, -0.2) is 0 Å². The van der Waals surface area contributed by atoms with Crippen molar-refractivity contribution >= 4 is 22.4 Å². The zero-order chi connectivity index (χ0) is 12.2. The molecule has 0 saturated heterocycles. The molecule has 0 atom stereocenters. The molecule has 0 fully saturated rings. The number of anilines is 2. The fourth-order valence-electron chi connectivity index (χ4n) is 1.13. The first-order chi connectivity index (χ1) is 7.50. The molecule has 1 aromatic heterocycles. The summed E-state index contributed by atoms with van der Waals surface area (Å²) in [5.74, 6) is 1.17. The van der Waals surface area contributed by atoms with Crippen LogP contribution in [0.25, 0.3) is 0 Å². The first kappa shape index (κ1) is 13.1. The molecular formula is C11H21N3OS. The summed E-state index contributed by atoms with van der Waals surface area (Å²) in [7, 11) is 0. The predicted molar refractivity (Wildman–Crippen MR) is 70.3 cm³/mol. The van der Waals surface area contributed by atoms with Crippen molar-refractivity contribution < 1.29 is 4.74 Å². The van der Waals surface area contributed by atoms with Crippen LogP contribution in [0.4, 0.5) is 10.8 Å². The Kier molecular flexibility index (Phi) is 4.41. The van der Waals surface area contributed by atoms with E-state index < -0.39 is 0 Å². The van der Waals surface area contributed by atoms with Crippen LogP contribution in [0.3, 0.4) is 0 Å². The van der Waals surface area contributed by atoms with Crippen LogP contribution in [-0.4, -0.2) is 17.5 Å². The van der Waals surface area contributed by atoms with Crippen molar-refractivity contribution in [2.45, 2.75) is 34.1 Å². The van der Waals surface area contributed by atoms with Crippen LogP contribution in [-0.2, 0) is 0 Å². The molecular weight excluding hydrogens is 222 g/mol. The standard InChI is InChI=1S/C11H21N3OS/c1-5-11(3,4)7-13-10-8(15-6-2)9(12)14-16-10/h13H,5-7H2,1-4H3,(H2,12,14). The molecule has 1 rings (SSSR count). The van der Waals surface area contributed by atoms with Crippen LogP contribution in [0.1, 0.15) is 34.1 Å². The molecule has 16 heavy (non-hydrogen) atoms. The first-order valence-corrected chi connectivity index (χ1v) is 6.39. The van der Waals surface area contributed by atoms with Crippen molar-refractivity contribution in [2.75, 3.05) is 24.2 Å². The monoisotopic (exact) mass is 243 g/mol. The van der Waals surface area contributed by atoms with E-state index in [9.17, 15) is 0 Å². The van der Waals surface area contributed by atoms with Crippen molar-refractivity contribution in [3.05, 3.63) is 0 Å². The average Bonchev–Trinajstić information content (AvgIpc) is 2.59. The molecule has 0 aliphatic heterocycles. The van der Waals surface area contributed by atoms with E-state index in [2.05, 4.69) is 30.5 Å². The molecule has 4 nitrogen and oxygen atoms in total. The van der Waals surface area contributed by atoms with E-state index in [-0.39, 0.29) is 5.41 Å². The highest BCUT2D eigenvalue weighted by Gasteiger charge is 2.18. The second-order valence-electron chi connectivity index (χ2n) is 4.53. The van der Waals surface area contributed by atoms with E-state index in [1.54, 1.807) is 0 Å². The van der Waals surface area contributed by atoms with Crippen LogP contribution < -0.4 is 15.8 Å². The Morgan fingerprint density at radius 3 is 2.69 bits per heavy atom. The zero-order valence-corrected chi connectivity index (χ0v) is 11.3. The minimum atomic E-state index is 0.266. The van der Waals surface area contributed by atoms with Crippen molar-refractivity contribution in [1.82, 2.24) is 4.37 Å². The minimum Gasteiger partial charge on any atom is -0.487 e. The third-order valence-corrected chi connectivity index (χ3v) is 3.45. The van der Waals surface area contributed by atoms with Gasteiger partial charge in [-0.05, 0) is 30.3 Å². The first-order valence-electron chi connectivity index (χ1n) is 5.62. The van der Waals surface area contributed by atoms with Crippen LogP contribution in [0, 0.1) is 5.41 Å². The van der Waals surface area contributed by atoms with E-state index in [1.165, 1.54) is 11.5 Å². The maximum absolute atomic E-state index is 5.73. The van der Waals surface area contributed by atoms with Gasteiger partial charge in [0.15, 0.2) is 16.6 Å². The molecule has 92 valence electrons. The van der Waals surface area contributed by atoms with Gasteiger partial charge in [0.05, 0.1) is 6.61 Å². The molecule has 0 bridgehead atoms. The van der Waals surface area contributed by atoms with Gasteiger partial charge in [-0.2, -0.15) is 4.37 Å². The highest BCUT2D eigenvalue weighted by atomic mass is 32.1. The Morgan fingerprint density at radius 1 is 1.44 bits per heavy atom. The number of hydrogen-bond donors (Lipinski definition) is 2. The Bertz CT molecular complexity index is 336. The highest BCUT2D eigenvalue weighted by molar-refractivity contribution is 7.11. The largest absolute Gasteiger partial charge is 0.487 e. The lowest BCUT2D eigenvalue weighted by molar-refractivity contribution is 0.342. The van der Waals surface area contributed by atoms with Gasteiger partial charge in [0, 0.05) is 6.54 Å². The van der Waals surface area contributed by atoms with Crippen LogP contribution >= 0.6 is 11.5 Å². The molecule has 0 amide bonds. The molecule has 5 heteroatoms. The Morgan fingerprint density at radius 2 is 2.12 bits per heavy atom. The SMILES string of the molecule is CCOc1c(N)nsc1NCC(C)(C)CC. The fraction of sp³-hybridized carbons (Fsp3) is 0.727. The Labute approximate surface area is 101 Å². The molecule has 0 radical (unpaired) electrons. The molecule has 3 N–H and O–H groups in total. The molecule has 0 aliphatic rings. The molecule has 0 aliphatic carbocycles. The quantitative estimate of drug-likeness (QED) is 0.806. The van der Waals surface area contributed by atoms with E-state index in [0.29, 0.717) is 18.2 Å². The molecule has 1 aromatic rings. The number of nitrogens with two attached hydrogens (primary N) is 1. The highest BCUT2D eigenvalue weighted by Crippen LogP contribution is 2.36. The lowest BCUT2D eigenvalue weighted by Gasteiger charge is -2.23. The number of nitrogens with one attached hydrogen (secondary N) is 1. The second kappa shape index (κ2) is 5.39. The van der Waals surface area contributed by atoms with Crippen molar-refractivity contribution in [3.63, 3.8) is 0 Å². The summed E-state index contributed by atoms with van der Waals surface area (Å²) < 4.78 is 9.56. The smallest absolute Gasteiger partial charge is 0.197 e. The summed E-state index contributed by atoms with van der Waals surface area (Å²) in [5, 5.41) is 4.29. The van der Waals surface area contributed by atoms with Crippen LogP contribution in [0.2, 0.25) is 0 Å². The number of aromatic nitrogens is 1. The zero-order valence-electron chi connectivity index (χ0n) is 10.5. The molecule has 0 aromatic carbocycles. The molecule has 0 spiro atoms. The van der Waals surface area contributed by atoms with Gasteiger partial charge in [0.1, 0.15) is 0 Å². The Hall–Kier alpha value is -0.970. The van der Waals surface area contributed by atoms with E-state index >= 15 is 0 Å². The lowest BCUT2D eigenvalue weighted by Crippen LogP contribution is -2.21. The third-order valence-electron chi connectivity index (χ3n) is 2.65. The van der Waals surface area contributed by atoms with E-state index in [4.69, 9.17) is 10.5 Å². The summed E-state index contributed by atoms with van der Waals surface area (Å²) in [5.41, 5.74) is 6.00. The number of ether oxygens (including phenoxy) is 1. The van der Waals surface area contributed by atoms with Gasteiger partial charge < -0.3 is 15.8 Å². The molecule has 0 saturated carbocycles. The van der Waals surface area contributed by atoms with Crippen molar-refractivity contribution in [1.29, 1.82) is 0 Å². The van der Waals surface area contributed by atoms with Crippen LogP contribution in [0.15, 0.2) is 0 Å². The van der Waals surface area contributed by atoms with E-state index in [0.717, 1.165) is 18.0 Å². The van der Waals surface area contributed by atoms with Gasteiger partial charge in [-0.1, -0.05) is 20.8 Å². The lowest BCUT2D eigenvalue weighted by atomic mass is 9.90. The predicted octanol–water partition coefficient (Wildman–Crippen LogP) is 2.97. The van der Waals surface area contributed by atoms with Gasteiger partial charge in [-0.3, -0.25) is 0 Å². The summed E-state index contributed by atoms with van der Waals surface area (Å²) in [6, 6.07) is 0. The molecule has 1 heterocycles. The fourth-order valence-corrected chi connectivity index (χ4v) is 1.79. The van der Waals surface area contributed by atoms with Gasteiger partial charge in [0.2, 0.25) is 0 Å². The number of nitrogens with zero attached hydrogens (tertiary/aromatic N) is 1. The van der Waals surface area contributed by atoms with Crippen molar-refractivity contribution in [2.24, 2.45) is 5.41 Å². The summed E-state index contributed by atoms with van der Waals surface area (Å²) in [4.78, 5) is 0. The summed E-state index contributed by atoms with van der Waals surface area (Å²) >= 11 is 1.36. The van der Waals surface area contributed by atoms with Gasteiger partial charge in [0.25, 0.3) is 0 Å².